The minimum absolute atomic E-state index is 0.549. The highest BCUT2D eigenvalue weighted by molar-refractivity contribution is 5.55. The van der Waals surface area contributed by atoms with Crippen molar-refractivity contribution >= 4 is 5.69 Å². The van der Waals surface area contributed by atoms with E-state index in [9.17, 15) is 0 Å². The molecule has 4 heteroatoms. The largest absolute Gasteiger partial charge is 0.380 e. The van der Waals surface area contributed by atoms with Gasteiger partial charge in [0.05, 0.1) is 24.1 Å². The van der Waals surface area contributed by atoms with Crippen LogP contribution in [0, 0.1) is 17.2 Å². The lowest BCUT2D eigenvalue weighted by Gasteiger charge is -2.09. The lowest BCUT2D eigenvalue weighted by atomic mass is 10.2. The fourth-order valence-corrected chi connectivity index (χ4v) is 1.21. The predicted octanol–water partition coefficient (Wildman–Crippen LogP) is 2.04. The minimum Gasteiger partial charge on any atom is -0.380 e. The Morgan fingerprint density at radius 2 is 2.38 bits per heavy atom. The number of hydrogen-bond donors (Lipinski definition) is 1. The molecule has 1 rings (SSSR count). The van der Waals surface area contributed by atoms with Crippen LogP contribution in [0.5, 0.6) is 0 Å². The number of hydrogen-bond acceptors (Lipinski definition) is 4. The maximum absolute atomic E-state index is 8.84. The van der Waals surface area contributed by atoms with Gasteiger partial charge in [0.15, 0.2) is 0 Å². The lowest BCUT2D eigenvalue weighted by Crippen LogP contribution is -2.12. The quantitative estimate of drug-likeness (QED) is 0.744. The van der Waals surface area contributed by atoms with Crippen LogP contribution in [0.15, 0.2) is 18.5 Å². The first-order valence-corrected chi connectivity index (χ1v) is 5.39. The highest BCUT2D eigenvalue weighted by Gasteiger charge is 2.00. The van der Waals surface area contributed by atoms with Crippen LogP contribution in [0.1, 0.15) is 19.4 Å². The van der Waals surface area contributed by atoms with Crippen molar-refractivity contribution in [3.63, 3.8) is 0 Å². The van der Waals surface area contributed by atoms with Gasteiger partial charge in [-0.3, -0.25) is 4.98 Å². The van der Waals surface area contributed by atoms with Gasteiger partial charge in [0.1, 0.15) is 6.07 Å². The third-order valence-electron chi connectivity index (χ3n) is 1.95. The van der Waals surface area contributed by atoms with Crippen molar-refractivity contribution in [2.75, 3.05) is 25.1 Å². The molecule has 0 unspecified atom stereocenters. The monoisotopic (exact) mass is 219 g/mol. The van der Waals surface area contributed by atoms with Crippen LogP contribution in [0.4, 0.5) is 5.69 Å². The molecule has 86 valence electrons. The fourth-order valence-electron chi connectivity index (χ4n) is 1.21. The van der Waals surface area contributed by atoms with Crippen LogP contribution in [0.2, 0.25) is 0 Å². The highest BCUT2D eigenvalue weighted by atomic mass is 16.5. The third kappa shape index (κ3) is 4.28. The zero-order chi connectivity index (χ0) is 11.8. The Balaban J connectivity index is 2.30. The third-order valence-corrected chi connectivity index (χ3v) is 1.95. The molecule has 0 atom stereocenters. The second kappa shape index (κ2) is 6.81. The summed E-state index contributed by atoms with van der Waals surface area (Å²) in [5.74, 6) is 0.549. The van der Waals surface area contributed by atoms with Gasteiger partial charge in [0.2, 0.25) is 0 Å². The summed E-state index contributed by atoms with van der Waals surface area (Å²) in [6.07, 6.45) is 3.26. The van der Waals surface area contributed by atoms with Gasteiger partial charge in [-0.1, -0.05) is 13.8 Å². The minimum atomic E-state index is 0.549. The van der Waals surface area contributed by atoms with E-state index in [-0.39, 0.29) is 0 Å². The molecule has 0 aliphatic heterocycles. The molecule has 0 fully saturated rings. The van der Waals surface area contributed by atoms with Gasteiger partial charge in [-0.05, 0) is 12.0 Å². The number of anilines is 1. The van der Waals surface area contributed by atoms with Gasteiger partial charge in [-0.15, -0.1) is 0 Å². The van der Waals surface area contributed by atoms with Crippen LogP contribution in [0.25, 0.3) is 0 Å². The molecular formula is C12H17N3O. The normalized spacial score (nSPS) is 10.1. The van der Waals surface area contributed by atoms with E-state index in [2.05, 4.69) is 30.2 Å². The van der Waals surface area contributed by atoms with Crippen molar-refractivity contribution in [2.24, 2.45) is 5.92 Å². The Morgan fingerprint density at radius 3 is 3.06 bits per heavy atom. The molecule has 0 spiro atoms. The summed E-state index contributed by atoms with van der Waals surface area (Å²) in [7, 11) is 0. The summed E-state index contributed by atoms with van der Waals surface area (Å²) in [6, 6.07) is 3.80. The van der Waals surface area contributed by atoms with Crippen LogP contribution < -0.4 is 5.32 Å². The van der Waals surface area contributed by atoms with Gasteiger partial charge in [-0.25, -0.2) is 0 Å². The first-order valence-electron chi connectivity index (χ1n) is 5.39. The van der Waals surface area contributed by atoms with Crippen LogP contribution in [-0.2, 0) is 4.74 Å². The molecule has 0 saturated heterocycles. The molecule has 0 aromatic carbocycles. The molecule has 0 radical (unpaired) electrons. The van der Waals surface area contributed by atoms with Crippen LogP contribution in [-0.4, -0.2) is 24.7 Å². The van der Waals surface area contributed by atoms with Gasteiger partial charge < -0.3 is 10.1 Å². The maximum atomic E-state index is 8.84. The average Bonchev–Trinajstić information content (AvgIpc) is 2.29. The standard InChI is InChI=1S/C12H17N3O/c1-10(2)9-16-6-5-15-12-8-14-4-3-11(12)7-13/h3-4,8,10,15H,5-6,9H2,1-2H3. The van der Waals surface area contributed by atoms with Crippen molar-refractivity contribution in [1.82, 2.24) is 4.98 Å². The summed E-state index contributed by atoms with van der Waals surface area (Å²) in [4.78, 5) is 3.97. The number of nitrogens with zero attached hydrogens (tertiary/aromatic N) is 2. The SMILES string of the molecule is CC(C)COCCNc1cnccc1C#N. The van der Waals surface area contributed by atoms with E-state index in [1.165, 1.54) is 0 Å². The zero-order valence-electron chi connectivity index (χ0n) is 9.73. The van der Waals surface area contributed by atoms with Crippen molar-refractivity contribution in [3.05, 3.63) is 24.0 Å². The highest BCUT2D eigenvalue weighted by Crippen LogP contribution is 2.10. The molecule has 0 aliphatic rings. The maximum Gasteiger partial charge on any atom is 0.101 e. The van der Waals surface area contributed by atoms with E-state index < -0.39 is 0 Å². The van der Waals surface area contributed by atoms with E-state index in [1.807, 2.05) is 0 Å². The van der Waals surface area contributed by atoms with Crippen molar-refractivity contribution in [3.8, 4) is 6.07 Å². The Kier molecular flexibility index (Phi) is 5.30. The van der Waals surface area contributed by atoms with Crippen molar-refractivity contribution in [1.29, 1.82) is 5.26 Å². The summed E-state index contributed by atoms with van der Waals surface area (Å²) >= 11 is 0. The summed E-state index contributed by atoms with van der Waals surface area (Å²) in [6.45, 7) is 6.32. The second-order valence-electron chi connectivity index (χ2n) is 3.93. The number of nitriles is 1. The van der Waals surface area contributed by atoms with Crippen LogP contribution in [0.3, 0.4) is 0 Å². The number of aromatic nitrogens is 1. The van der Waals surface area contributed by atoms with E-state index in [0.717, 1.165) is 12.3 Å². The first kappa shape index (κ1) is 12.5. The van der Waals surface area contributed by atoms with E-state index in [4.69, 9.17) is 10.00 Å². The molecule has 16 heavy (non-hydrogen) atoms. The molecule has 1 N–H and O–H groups in total. The topological polar surface area (TPSA) is 57.9 Å². The Morgan fingerprint density at radius 1 is 1.56 bits per heavy atom. The number of ether oxygens (including phenoxy) is 1. The van der Waals surface area contributed by atoms with E-state index >= 15 is 0 Å². The molecule has 0 aliphatic carbocycles. The molecule has 4 nitrogen and oxygen atoms in total. The molecule has 0 saturated carbocycles. The average molecular weight is 219 g/mol. The molecule has 0 amide bonds. The Bertz CT molecular complexity index is 358. The van der Waals surface area contributed by atoms with E-state index in [0.29, 0.717) is 24.6 Å². The van der Waals surface area contributed by atoms with Gasteiger partial charge in [0.25, 0.3) is 0 Å². The number of rotatable bonds is 6. The smallest absolute Gasteiger partial charge is 0.101 e. The zero-order valence-corrected chi connectivity index (χ0v) is 9.73. The second-order valence-corrected chi connectivity index (χ2v) is 3.93. The molecule has 1 aromatic heterocycles. The van der Waals surface area contributed by atoms with E-state index in [1.54, 1.807) is 18.5 Å². The number of nitrogens with one attached hydrogen (secondary N) is 1. The Labute approximate surface area is 96.3 Å². The number of pyridine rings is 1. The van der Waals surface area contributed by atoms with Crippen molar-refractivity contribution < 1.29 is 4.74 Å². The summed E-state index contributed by atoms with van der Waals surface area (Å²) in [5, 5.41) is 12.0. The van der Waals surface area contributed by atoms with Gasteiger partial charge >= 0.3 is 0 Å². The fraction of sp³-hybridized carbons (Fsp3) is 0.500. The summed E-state index contributed by atoms with van der Waals surface area (Å²) < 4.78 is 5.42. The molecule has 0 bridgehead atoms. The first-order chi connectivity index (χ1) is 7.74. The molecular weight excluding hydrogens is 202 g/mol. The Hall–Kier alpha value is -1.60. The molecule has 1 heterocycles. The molecule has 1 aromatic rings. The van der Waals surface area contributed by atoms with Gasteiger partial charge in [-0.2, -0.15) is 5.26 Å². The van der Waals surface area contributed by atoms with Crippen LogP contribution >= 0.6 is 0 Å². The van der Waals surface area contributed by atoms with Gasteiger partial charge in [0, 0.05) is 19.3 Å². The van der Waals surface area contributed by atoms with Crippen molar-refractivity contribution in [2.45, 2.75) is 13.8 Å². The lowest BCUT2D eigenvalue weighted by molar-refractivity contribution is 0.118. The predicted molar refractivity (Wildman–Crippen MR) is 63.1 cm³/mol. The summed E-state index contributed by atoms with van der Waals surface area (Å²) in [5.41, 5.74) is 1.37.